The van der Waals surface area contributed by atoms with Crippen LogP contribution in [0.3, 0.4) is 0 Å². The summed E-state index contributed by atoms with van der Waals surface area (Å²) in [5, 5.41) is 14.4. The van der Waals surface area contributed by atoms with Gasteiger partial charge >= 0.3 is 0 Å². The second-order valence-electron chi connectivity index (χ2n) is 4.66. The molecule has 2 N–H and O–H groups in total. The number of methoxy groups -OCH3 is 2. The molecule has 6 nitrogen and oxygen atoms in total. The van der Waals surface area contributed by atoms with Crippen LogP contribution in [0.4, 0.5) is 0 Å². The van der Waals surface area contributed by atoms with E-state index in [-0.39, 0.29) is 18.2 Å². The first-order valence-electron chi connectivity index (χ1n) is 6.29. The van der Waals surface area contributed by atoms with Gasteiger partial charge in [-0.25, -0.2) is 5.43 Å². The summed E-state index contributed by atoms with van der Waals surface area (Å²) in [4.78, 5) is 11.4. The molecular weight excluding hydrogens is 260 g/mol. The second kappa shape index (κ2) is 5.92. The van der Waals surface area contributed by atoms with Crippen molar-refractivity contribution in [2.24, 2.45) is 11.0 Å². The van der Waals surface area contributed by atoms with Gasteiger partial charge in [-0.3, -0.25) is 4.79 Å². The second-order valence-corrected chi connectivity index (χ2v) is 4.66. The first-order valence-corrected chi connectivity index (χ1v) is 6.29. The minimum Gasteiger partial charge on any atom is -0.493 e. The number of hydrogen-bond donors (Lipinski definition) is 2. The summed E-state index contributed by atoms with van der Waals surface area (Å²) >= 11 is 0. The summed E-state index contributed by atoms with van der Waals surface area (Å²) in [6.45, 7) is 1.79. The van der Waals surface area contributed by atoms with Gasteiger partial charge in [0, 0.05) is 18.1 Å². The highest BCUT2D eigenvalue weighted by molar-refractivity contribution is 5.93. The van der Waals surface area contributed by atoms with Crippen molar-refractivity contribution in [1.82, 2.24) is 5.43 Å². The lowest BCUT2D eigenvalue weighted by Crippen LogP contribution is -2.34. The van der Waals surface area contributed by atoms with Crippen LogP contribution < -0.4 is 14.9 Å². The van der Waals surface area contributed by atoms with E-state index in [1.54, 1.807) is 32.2 Å². The van der Waals surface area contributed by atoms with Crippen molar-refractivity contribution in [2.45, 2.75) is 19.4 Å². The van der Waals surface area contributed by atoms with Gasteiger partial charge in [0.2, 0.25) is 5.91 Å². The maximum atomic E-state index is 11.4. The van der Waals surface area contributed by atoms with E-state index in [4.69, 9.17) is 9.47 Å². The Labute approximate surface area is 117 Å². The molecule has 6 heteroatoms. The van der Waals surface area contributed by atoms with Crippen LogP contribution in [-0.4, -0.2) is 30.9 Å². The lowest BCUT2D eigenvalue weighted by atomic mass is 9.88. The molecule has 1 aromatic carbocycles. The molecule has 1 aliphatic rings. The maximum Gasteiger partial charge on any atom is 0.240 e. The smallest absolute Gasteiger partial charge is 0.240 e. The Morgan fingerprint density at radius 2 is 2.05 bits per heavy atom. The molecule has 0 spiro atoms. The number of carbonyl (C=O) groups excluding carboxylic acids is 1. The van der Waals surface area contributed by atoms with Crippen molar-refractivity contribution >= 4 is 11.6 Å². The zero-order chi connectivity index (χ0) is 14.7. The topological polar surface area (TPSA) is 80.2 Å². The molecule has 20 heavy (non-hydrogen) atoms. The van der Waals surface area contributed by atoms with Gasteiger partial charge < -0.3 is 14.6 Å². The molecular formula is C14H18N2O4. The molecule has 0 aromatic heterocycles. The van der Waals surface area contributed by atoms with Crippen LogP contribution in [0.5, 0.6) is 11.5 Å². The molecule has 0 bridgehead atoms. The highest BCUT2D eigenvalue weighted by Gasteiger charge is 2.29. The van der Waals surface area contributed by atoms with Crippen LogP contribution in [0.2, 0.25) is 0 Å². The molecule has 2 unspecified atom stereocenters. The van der Waals surface area contributed by atoms with E-state index in [9.17, 15) is 9.90 Å². The highest BCUT2D eigenvalue weighted by Crippen LogP contribution is 2.34. The molecule has 0 saturated carbocycles. The van der Waals surface area contributed by atoms with Crippen LogP contribution in [0.15, 0.2) is 23.3 Å². The van der Waals surface area contributed by atoms with Gasteiger partial charge in [0.05, 0.1) is 20.3 Å². The van der Waals surface area contributed by atoms with Crippen LogP contribution >= 0.6 is 0 Å². The minimum atomic E-state index is -0.815. The predicted molar refractivity (Wildman–Crippen MR) is 73.9 cm³/mol. The number of aliphatic hydroxyl groups excluding tert-OH is 1. The Bertz CT molecular complexity index is 542. The molecule has 0 aliphatic carbocycles. The quantitative estimate of drug-likeness (QED) is 0.868. The average molecular weight is 278 g/mol. The van der Waals surface area contributed by atoms with Crippen molar-refractivity contribution < 1.29 is 19.4 Å². The normalized spacial score (nSPS) is 19.9. The van der Waals surface area contributed by atoms with Crippen molar-refractivity contribution in [3.05, 3.63) is 23.8 Å². The van der Waals surface area contributed by atoms with E-state index < -0.39 is 6.10 Å². The summed E-state index contributed by atoms with van der Waals surface area (Å²) < 4.78 is 10.4. The van der Waals surface area contributed by atoms with Gasteiger partial charge in [-0.2, -0.15) is 5.10 Å². The van der Waals surface area contributed by atoms with Gasteiger partial charge in [0.1, 0.15) is 0 Å². The molecule has 1 heterocycles. The standard InChI is InChI=1S/C14H18N2O4/c1-8-10(7-13(17)16-15-8)14(18)9-4-5-11(19-2)12(6-9)20-3/h4-6,10,14,18H,7H2,1-3H3,(H,16,17). The number of hydrogen-bond acceptors (Lipinski definition) is 5. The number of amides is 1. The third-order valence-electron chi connectivity index (χ3n) is 3.43. The Hall–Kier alpha value is -2.08. The molecule has 1 aliphatic heterocycles. The van der Waals surface area contributed by atoms with Gasteiger partial charge in [-0.05, 0) is 24.6 Å². The number of rotatable bonds is 4. The molecule has 108 valence electrons. The molecule has 0 radical (unpaired) electrons. The molecule has 1 aromatic rings. The van der Waals surface area contributed by atoms with Crippen LogP contribution in [0, 0.1) is 5.92 Å². The number of hydrazone groups is 1. The zero-order valence-corrected chi connectivity index (χ0v) is 11.7. The van der Waals surface area contributed by atoms with Crippen molar-refractivity contribution in [1.29, 1.82) is 0 Å². The number of carbonyl (C=O) groups is 1. The van der Waals surface area contributed by atoms with E-state index in [0.29, 0.717) is 22.8 Å². The van der Waals surface area contributed by atoms with Gasteiger partial charge in [-0.15, -0.1) is 0 Å². The Morgan fingerprint density at radius 3 is 2.70 bits per heavy atom. The summed E-state index contributed by atoms with van der Waals surface area (Å²) in [7, 11) is 3.09. The van der Waals surface area contributed by atoms with Crippen LogP contribution in [0.1, 0.15) is 25.0 Å². The summed E-state index contributed by atoms with van der Waals surface area (Å²) in [6, 6.07) is 5.20. The molecule has 1 amide bonds. The van der Waals surface area contributed by atoms with Crippen LogP contribution in [-0.2, 0) is 4.79 Å². The molecule has 2 atom stereocenters. The van der Waals surface area contributed by atoms with Crippen LogP contribution in [0.25, 0.3) is 0 Å². The van der Waals surface area contributed by atoms with E-state index >= 15 is 0 Å². The number of aliphatic hydroxyl groups is 1. The fourth-order valence-corrected chi connectivity index (χ4v) is 2.24. The Morgan fingerprint density at radius 1 is 1.35 bits per heavy atom. The average Bonchev–Trinajstić information content (AvgIpc) is 2.48. The zero-order valence-electron chi connectivity index (χ0n) is 11.7. The first kappa shape index (κ1) is 14.3. The third kappa shape index (κ3) is 2.75. The predicted octanol–water partition coefficient (Wildman–Crippen LogP) is 1.25. The maximum absolute atomic E-state index is 11.4. The van der Waals surface area contributed by atoms with Crippen molar-refractivity contribution in [3.63, 3.8) is 0 Å². The van der Waals surface area contributed by atoms with E-state index in [1.165, 1.54) is 7.11 Å². The number of nitrogens with one attached hydrogen (secondary N) is 1. The summed E-state index contributed by atoms with van der Waals surface area (Å²) in [6.07, 6.45) is -0.602. The number of nitrogens with zero attached hydrogens (tertiary/aromatic N) is 1. The summed E-state index contributed by atoms with van der Waals surface area (Å²) in [5.74, 6) is 0.608. The van der Waals surface area contributed by atoms with E-state index in [0.717, 1.165) is 0 Å². The summed E-state index contributed by atoms with van der Waals surface area (Å²) in [5.41, 5.74) is 3.77. The number of benzene rings is 1. The SMILES string of the molecule is COc1ccc(C(O)C2CC(=O)NN=C2C)cc1OC. The van der Waals surface area contributed by atoms with Crippen molar-refractivity contribution in [3.8, 4) is 11.5 Å². The van der Waals surface area contributed by atoms with Gasteiger partial charge in [-0.1, -0.05) is 6.07 Å². The van der Waals surface area contributed by atoms with E-state index in [1.807, 2.05) is 0 Å². The lowest BCUT2D eigenvalue weighted by Gasteiger charge is -2.26. The molecule has 0 fully saturated rings. The lowest BCUT2D eigenvalue weighted by molar-refractivity contribution is -0.122. The first-order chi connectivity index (χ1) is 9.56. The monoisotopic (exact) mass is 278 g/mol. The molecule has 0 saturated heterocycles. The van der Waals surface area contributed by atoms with E-state index in [2.05, 4.69) is 10.5 Å². The Balaban J connectivity index is 2.29. The van der Waals surface area contributed by atoms with Gasteiger partial charge in [0.25, 0.3) is 0 Å². The van der Waals surface area contributed by atoms with Gasteiger partial charge in [0.15, 0.2) is 11.5 Å². The largest absolute Gasteiger partial charge is 0.493 e. The fraction of sp³-hybridized carbons (Fsp3) is 0.429. The molecule has 2 rings (SSSR count). The third-order valence-corrected chi connectivity index (χ3v) is 3.43. The van der Waals surface area contributed by atoms with Crippen molar-refractivity contribution in [2.75, 3.05) is 14.2 Å². The Kier molecular flexibility index (Phi) is 4.24. The minimum absolute atomic E-state index is 0.194. The number of ether oxygens (including phenoxy) is 2. The highest BCUT2D eigenvalue weighted by atomic mass is 16.5. The fourth-order valence-electron chi connectivity index (χ4n) is 2.24.